The maximum absolute atomic E-state index is 12.6. The third-order valence-electron chi connectivity index (χ3n) is 5.62. The van der Waals surface area contributed by atoms with E-state index in [0.29, 0.717) is 22.6 Å². The molecule has 36 heavy (non-hydrogen) atoms. The third-order valence-corrected chi connectivity index (χ3v) is 5.62. The second-order valence-electron chi connectivity index (χ2n) is 8.04. The lowest BCUT2D eigenvalue weighted by molar-refractivity contribution is -0.123. The van der Waals surface area contributed by atoms with Gasteiger partial charge in [-0.3, -0.25) is 4.79 Å². The van der Waals surface area contributed by atoms with Crippen LogP contribution in [0.3, 0.4) is 0 Å². The molecule has 6 nitrogen and oxygen atoms in total. The molecule has 0 saturated heterocycles. The van der Waals surface area contributed by atoms with E-state index in [1.165, 1.54) is 6.21 Å². The van der Waals surface area contributed by atoms with E-state index in [1.807, 2.05) is 78.9 Å². The highest BCUT2D eigenvalue weighted by Gasteiger charge is 2.13. The van der Waals surface area contributed by atoms with Crippen molar-refractivity contribution in [3.8, 4) is 11.5 Å². The minimum absolute atomic E-state index is 0.193. The van der Waals surface area contributed by atoms with Crippen LogP contribution in [-0.4, -0.2) is 24.7 Å². The highest BCUT2D eigenvalue weighted by molar-refractivity contribution is 6.04. The van der Waals surface area contributed by atoms with Gasteiger partial charge >= 0.3 is 5.97 Å². The van der Waals surface area contributed by atoms with E-state index >= 15 is 0 Å². The van der Waals surface area contributed by atoms with E-state index in [1.54, 1.807) is 30.3 Å². The van der Waals surface area contributed by atoms with Crippen LogP contribution in [0, 0.1) is 0 Å². The zero-order chi connectivity index (χ0) is 24.7. The number of nitrogens with zero attached hydrogens (tertiary/aromatic N) is 1. The first-order valence-corrected chi connectivity index (χ1v) is 11.4. The number of hydrogen-bond acceptors (Lipinski definition) is 5. The molecule has 0 atom stereocenters. The highest BCUT2D eigenvalue weighted by Crippen LogP contribution is 2.27. The average molecular weight is 475 g/mol. The molecule has 0 aliphatic rings. The molecule has 0 unspecified atom stereocenters. The van der Waals surface area contributed by atoms with E-state index in [4.69, 9.17) is 9.47 Å². The number of fused-ring (bicyclic) bond motifs is 2. The first-order chi connectivity index (χ1) is 17.7. The van der Waals surface area contributed by atoms with Crippen LogP contribution < -0.4 is 14.9 Å². The molecule has 0 heterocycles. The molecular formula is C30H22N2O4. The van der Waals surface area contributed by atoms with Crippen molar-refractivity contribution in [3.63, 3.8) is 0 Å². The summed E-state index contributed by atoms with van der Waals surface area (Å²) in [6.07, 6.45) is 1.48. The standard InChI is InChI=1S/C30H22N2O4/c33-29(20-35-25-16-14-21-8-4-5-12-24(21)18-25)32-31-19-27-26-13-7-6-9-22(26)15-17-28(27)36-30(34)23-10-2-1-3-11-23/h1-19H,20H2,(H,32,33)/b31-19+. The number of amides is 1. The average Bonchev–Trinajstić information content (AvgIpc) is 2.93. The van der Waals surface area contributed by atoms with E-state index in [-0.39, 0.29) is 6.61 Å². The van der Waals surface area contributed by atoms with E-state index < -0.39 is 11.9 Å². The van der Waals surface area contributed by atoms with Crippen LogP contribution >= 0.6 is 0 Å². The van der Waals surface area contributed by atoms with Gasteiger partial charge in [0.1, 0.15) is 11.5 Å². The second kappa shape index (κ2) is 10.5. The molecule has 1 amide bonds. The Morgan fingerprint density at radius 1 is 0.750 bits per heavy atom. The molecule has 6 heteroatoms. The van der Waals surface area contributed by atoms with Crippen molar-refractivity contribution in [2.75, 3.05) is 6.61 Å². The predicted molar refractivity (Wildman–Crippen MR) is 141 cm³/mol. The van der Waals surface area contributed by atoms with Crippen LogP contribution in [0.25, 0.3) is 21.5 Å². The van der Waals surface area contributed by atoms with Gasteiger partial charge in [0, 0.05) is 5.56 Å². The molecule has 0 bridgehead atoms. The number of hydrogen-bond donors (Lipinski definition) is 1. The number of nitrogens with one attached hydrogen (secondary N) is 1. The first kappa shape index (κ1) is 22.8. The predicted octanol–water partition coefficient (Wildman–Crippen LogP) is 5.74. The molecule has 0 aromatic heterocycles. The molecule has 0 aliphatic heterocycles. The summed E-state index contributed by atoms with van der Waals surface area (Å²) in [5.41, 5.74) is 3.50. The zero-order valence-electron chi connectivity index (χ0n) is 19.3. The number of ether oxygens (including phenoxy) is 2. The summed E-state index contributed by atoms with van der Waals surface area (Å²) < 4.78 is 11.3. The van der Waals surface area contributed by atoms with Crippen molar-refractivity contribution >= 4 is 39.6 Å². The van der Waals surface area contributed by atoms with Gasteiger partial charge in [-0.05, 0) is 51.9 Å². The fourth-order valence-electron chi connectivity index (χ4n) is 3.84. The van der Waals surface area contributed by atoms with Crippen molar-refractivity contribution in [1.82, 2.24) is 5.43 Å². The Kier molecular flexibility index (Phi) is 6.67. The minimum Gasteiger partial charge on any atom is -0.484 e. The molecule has 0 radical (unpaired) electrons. The summed E-state index contributed by atoms with van der Waals surface area (Å²) >= 11 is 0. The van der Waals surface area contributed by atoms with E-state index in [9.17, 15) is 9.59 Å². The van der Waals surface area contributed by atoms with Gasteiger partial charge in [0.2, 0.25) is 0 Å². The van der Waals surface area contributed by atoms with Crippen LogP contribution in [-0.2, 0) is 4.79 Å². The smallest absolute Gasteiger partial charge is 0.343 e. The molecule has 5 aromatic rings. The Labute approximate surface area is 207 Å². The Hall–Kier alpha value is -4.97. The molecule has 1 N–H and O–H groups in total. The van der Waals surface area contributed by atoms with Crippen molar-refractivity contribution in [2.45, 2.75) is 0 Å². The topological polar surface area (TPSA) is 77.0 Å². The molecule has 0 saturated carbocycles. The molecule has 0 fully saturated rings. The Morgan fingerprint density at radius 2 is 1.44 bits per heavy atom. The lowest BCUT2D eigenvalue weighted by Gasteiger charge is -2.10. The summed E-state index contributed by atoms with van der Waals surface area (Å²) in [5, 5.41) is 8.01. The van der Waals surface area contributed by atoms with Gasteiger partial charge in [0.05, 0.1) is 11.8 Å². The number of carbonyl (C=O) groups is 2. The minimum atomic E-state index is -0.478. The van der Waals surface area contributed by atoms with Crippen LogP contribution in [0.2, 0.25) is 0 Å². The number of carbonyl (C=O) groups excluding carboxylic acids is 2. The fourth-order valence-corrected chi connectivity index (χ4v) is 3.84. The molecule has 0 aliphatic carbocycles. The lowest BCUT2D eigenvalue weighted by atomic mass is 10.0. The zero-order valence-corrected chi connectivity index (χ0v) is 19.3. The largest absolute Gasteiger partial charge is 0.484 e. The molecule has 5 aromatic carbocycles. The summed E-state index contributed by atoms with van der Waals surface area (Å²) in [6.45, 7) is -0.193. The SMILES string of the molecule is O=C(COc1ccc2ccccc2c1)N/N=C/c1c(OC(=O)c2ccccc2)ccc2ccccc12. The van der Waals surface area contributed by atoms with E-state index in [0.717, 1.165) is 21.5 Å². The normalized spacial score (nSPS) is 11.0. The van der Waals surface area contributed by atoms with Crippen molar-refractivity contribution in [1.29, 1.82) is 0 Å². The third kappa shape index (κ3) is 5.23. The number of benzene rings is 5. The maximum atomic E-state index is 12.6. The molecule has 5 rings (SSSR count). The Bertz CT molecular complexity index is 1580. The quantitative estimate of drug-likeness (QED) is 0.141. The van der Waals surface area contributed by atoms with Gasteiger partial charge in [-0.25, -0.2) is 10.2 Å². The van der Waals surface area contributed by atoms with Crippen LogP contribution in [0.15, 0.2) is 114 Å². The first-order valence-electron chi connectivity index (χ1n) is 11.4. The Balaban J connectivity index is 1.29. The van der Waals surface area contributed by atoms with Gasteiger partial charge in [-0.15, -0.1) is 0 Å². The maximum Gasteiger partial charge on any atom is 0.343 e. The lowest BCUT2D eigenvalue weighted by Crippen LogP contribution is -2.24. The molecule has 0 spiro atoms. The van der Waals surface area contributed by atoms with Crippen LogP contribution in [0.1, 0.15) is 15.9 Å². The Morgan fingerprint density at radius 3 is 2.28 bits per heavy atom. The van der Waals surface area contributed by atoms with Crippen molar-refractivity contribution < 1.29 is 19.1 Å². The van der Waals surface area contributed by atoms with Gasteiger partial charge in [0.25, 0.3) is 5.91 Å². The van der Waals surface area contributed by atoms with Crippen LogP contribution in [0.5, 0.6) is 11.5 Å². The molecule has 176 valence electrons. The van der Waals surface area contributed by atoms with Gasteiger partial charge in [-0.1, -0.05) is 78.9 Å². The monoisotopic (exact) mass is 474 g/mol. The summed E-state index contributed by atoms with van der Waals surface area (Å²) in [4.78, 5) is 25.0. The summed E-state index contributed by atoms with van der Waals surface area (Å²) in [5.74, 6) is 0.0424. The number of rotatable bonds is 7. The van der Waals surface area contributed by atoms with E-state index in [2.05, 4.69) is 10.5 Å². The van der Waals surface area contributed by atoms with Crippen molar-refractivity contribution in [2.24, 2.45) is 5.10 Å². The summed E-state index contributed by atoms with van der Waals surface area (Å²) in [6, 6.07) is 33.6. The van der Waals surface area contributed by atoms with Crippen molar-refractivity contribution in [3.05, 3.63) is 120 Å². The number of esters is 1. The molecular weight excluding hydrogens is 452 g/mol. The fraction of sp³-hybridized carbons (Fsp3) is 0.0333. The summed E-state index contributed by atoms with van der Waals surface area (Å²) in [7, 11) is 0. The van der Waals surface area contributed by atoms with Gasteiger partial charge in [-0.2, -0.15) is 5.10 Å². The van der Waals surface area contributed by atoms with Gasteiger partial charge < -0.3 is 9.47 Å². The van der Waals surface area contributed by atoms with Gasteiger partial charge in [0.15, 0.2) is 6.61 Å². The van der Waals surface area contributed by atoms with Crippen LogP contribution in [0.4, 0.5) is 0 Å². The second-order valence-corrected chi connectivity index (χ2v) is 8.04. The number of hydrazone groups is 1. The highest BCUT2D eigenvalue weighted by atomic mass is 16.5.